The lowest BCUT2D eigenvalue weighted by atomic mass is 9.61. The lowest BCUT2D eigenvalue weighted by Gasteiger charge is -2.44. The van der Waals surface area contributed by atoms with Crippen LogP contribution >= 0.6 is 0 Å². The van der Waals surface area contributed by atoms with Gasteiger partial charge in [0.25, 0.3) is 0 Å². The summed E-state index contributed by atoms with van der Waals surface area (Å²) in [5, 5.41) is 9.61. The van der Waals surface area contributed by atoms with Gasteiger partial charge < -0.3 is 5.11 Å². The molecule has 0 radical (unpaired) electrons. The number of aliphatic hydroxyl groups excluding tert-OH is 1. The van der Waals surface area contributed by atoms with Crippen molar-refractivity contribution in [3.05, 3.63) is 0 Å². The normalized spacial score (nSPS) is 34.8. The molecule has 15 heavy (non-hydrogen) atoms. The van der Waals surface area contributed by atoms with Crippen molar-refractivity contribution >= 4 is 0 Å². The average Bonchev–Trinajstić information content (AvgIpc) is 2.10. The van der Waals surface area contributed by atoms with E-state index in [2.05, 4.69) is 27.7 Å². The highest BCUT2D eigenvalue weighted by Gasteiger charge is 2.37. The zero-order chi connectivity index (χ0) is 11.6. The fraction of sp³-hybridized carbons (Fsp3) is 1.00. The maximum absolute atomic E-state index is 9.61. The van der Waals surface area contributed by atoms with Crippen LogP contribution in [-0.2, 0) is 0 Å². The molecule has 1 aliphatic carbocycles. The molecule has 0 saturated heterocycles. The van der Waals surface area contributed by atoms with Crippen molar-refractivity contribution in [3.63, 3.8) is 0 Å². The summed E-state index contributed by atoms with van der Waals surface area (Å²) in [6.45, 7) is 11.3. The second-order valence-electron chi connectivity index (χ2n) is 6.42. The lowest BCUT2D eigenvalue weighted by molar-refractivity contribution is 0.0357. The predicted octanol–water partition coefficient (Wildman–Crippen LogP) is 3.86. The Morgan fingerprint density at radius 2 is 1.93 bits per heavy atom. The van der Waals surface area contributed by atoms with Gasteiger partial charge in [-0.15, -0.1) is 0 Å². The smallest absolute Gasteiger partial charge is 0.0537 e. The van der Waals surface area contributed by atoms with E-state index in [0.717, 1.165) is 11.8 Å². The Labute approximate surface area is 95.3 Å². The molecule has 90 valence electrons. The van der Waals surface area contributed by atoms with E-state index < -0.39 is 0 Å². The van der Waals surface area contributed by atoms with Crippen molar-refractivity contribution in [1.82, 2.24) is 0 Å². The standard InChI is InChI=1S/C14H28O/c1-10-7-6-8-14(4,5)13(10)9-11(2)12(3)15/h10-13,15H,6-9H2,1-5H3/t10-,11-,12+,13+/m1/s1. The monoisotopic (exact) mass is 212 g/mol. The highest BCUT2D eigenvalue weighted by Crippen LogP contribution is 2.46. The van der Waals surface area contributed by atoms with Crippen LogP contribution in [0.2, 0.25) is 0 Å². The number of hydrogen-bond donors (Lipinski definition) is 1. The summed E-state index contributed by atoms with van der Waals surface area (Å²) in [7, 11) is 0. The molecule has 1 aliphatic rings. The third kappa shape index (κ3) is 3.21. The van der Waals surface area contributed by atoms with Gasteiger partial charge in [-0.3, -0.25) is 0 Å². The van der Waals surface area contributed by atoms with Gasteiger partial charge in [-0.05, 0) is 42.9 Å². The summed E-state index contributed by atoms with van der Waals surface area (Å²) in [6.07, 6.45) is 5.14. The summed E-state index contributed by atoms with van der Waals surface area (Å²) in [6, 6.07) is 0. The number of rotatable bonds is 3. The molecule has 1 fully saturated rings. The maximum atomic E-state index is 9.61. The van der Waals surface area contributed by atoms with Crippen LogP contribution in [0.25, 0.3) is 0 Å². The van der Waals surface area contributed by atoms with Crippen molar-refractivity contribution in [2.24, 2.45) is 23.2 Å². The van der Waals surface area contributed by atoms with Crippen LogP contribution in [0.5, 0.6) is 0 Å². The maximum Gasteiger partial charge on any atom is 0.0537 e. The molecular weight excluding hydrogens is 184 g/mol. The Kier molecular flexibility index (Phi) is 4.22. The molecule has 0 bridgehead atoms. The van der Waals surface area contributed by atoms with E-state index in [9.17, 15) is 5.11 Å². The minimum atomic E-state index is -0.157. The molecule has 4 atom stereocenters. The van der Waals surface area contributed by atoms with E-state index in [1.165, 1.54) is 25.7 Å². The van der Waals surface area contributed by atoms with Crippen LogP contribution in [0, 0.1) is 23.2 Å². The first-order chi connectivity index (χ1) is 6.84. The van der Waals surface area contributed by atoms with Crippen LogP contribution < -0.4 is 0 Å². The third-order valence-electron chi connectivity index (χ3n) is 4.62. The molecule has 0 aliphatic heterocycles. The van der Waals surface area contributed by atoms with Gasteiger partial charge in [-0.1, -0.05) is 40.5 Å². The number of aliphatic hydroxyl groups is 1. The molecule has 1 heteroatoms. The topological polar surface area (TPSA) is 20.2 Å². The highest BCUT2D eigenvalue weighted by molar-refractivity contribution is 4.87. The lowest BCUT2D eigenvalue weighted by Crippen LogP contribution is -2.36. The van der Waals surface area contributed by atoms with Gasteiger partial charge in [-0.25, -0.2) is 0 Å². The summed E-state index contributed by atoms with van der Waals surface area (Å²) in [4.78, 5) is 0. The fourth-order valence-electron chi connectivity index (χ4n) is 3.19. The van der Waals surface area contributed by atoms with Gasteiger partial charge >= 0.3 is 0 Å². The average molecular weight is 212 g/mol. The van der Waals surface area contributed by atoms with E-state index in [0.29, 0.717) is 11.3 Å². The van der Waals surface area contributed by atoms with E-state index in [4.69, 9.17) is 0 Å². The summed E-state index contributed by atoms with van der Waals surface area (Å²) < 4.78 is 0. The molecule has 0 amide bonds. The second kappa shape index (κ2) is 4.86. The van der Waals surface area contributed by atoms with Crippen LogP contribution in [0.15, 0.2) is 0 Å². The van der Waals surface area contributed by atoms with Gasteiger partial charge in [0.05, 0.1) is 6.10 Å². The molecule has 1 N–H and O–H groups in total. The van der Waals surface area contributed by atoms with Gasteiger partial charge in [0.2, 0.25) is 0 Å². The van der Waals surface area contributed by atoms with Crippen LogP contribution in [0.3, 0.4) is 0 Å². The van der Waals surface area contributed by atoms with Gasteiger partial charge in [0, 0.05) is 0 Å². The van der Waals surface area contributed by atoms with E-state index >= 15 is 0 Å². The first-order valence-electron chi connectivity index (χ1n) is 6.52. The SMILES string of the molecule is C[C@H](O)[C@H](C)C[C@H]1[C@H](C)CCCC1(C)C. The Hall–Kier alpha value is -0.0400. The minimum Gasteiger partial charge on any atom is -0.393 e. The van der Waals surface area contributed by atoms with Crippen LogP contribution in [-0.4, -0.2) is 11.2 Å². The molecule has 0 aromatic heterocycles. The highest BCUT2D eigenvalue weighted by atomic mass is 16.3. The van der Waals surface area contributed by atoms with E-state index in [1.54, 1.807) is 0 Å². The minimum absolute atomic E-state index is 0.157. The molecule has 0 spiro atoms. The first-order valence-corrected chi connectivity index (χ1v) is 6.52. The Morgan fingerprint density at radius 1 is 1.33 bits per heavy atom. The van der Waals surface area contributed by atoms with Gasteiger partial charge in [0.1, 0.15) is 0 Å². The summed E-state index contributed by atoms with van der Waals surface area (Å²) >= 11 is 0. The molecular formula is C14H28O. The fourth-order valence-corrected chi connectivity index (χ4v) is 3.19. The van der Waals surface area contributed by atoms with Crippen molar-refractivity contribution in [2.75, 3.05) is 0 Å². The molecule has 0 aromatic carbocycles. The largest absolute Gasteiger partial charge is 0.393 e. The summed E-state index contributed by atoms with van der Waals surface area (Å²) in [5.41, 5.74) is 0.473. The van der Waals surface area contributed by atoms with Crippen molar-refractivity contribution in [2.45, 2.75) is 66.4 Å². The molecule has 0 aromatic rings. The van der Waals surface area contributed by atoms with Gasteiger partial charge in [0.15, 0.2) is 0 Å². The van der Waals surface area contributed by atoms with Crippen LogP contribution in [0.1, 0.15) is 60.3 Å². The van der Waals surface area contributed by atoms with Crippen molar-refractivity contribution in [1.29, 1.82) is 0 Å². The van der Waals surface area contributed by atoms with Gasteiger partial charge in [-0.2, -0.15) is 0 Å². The third-order valence-corrected chi connectivity index (χ3v) is 4.62. The van der Waals surface area contributed by atoms with E-state index in [1.807, 2.05) is 6.92 Å². The molecule has 1 nitrogen and oxygen atoms in total. The summed E-state index contributed by atoms with van der Waals surface area (Å²) in [5.74, 6) is 2.06. The molecule has 0 unspecified atom stereocenters. The molecule has 1 rings (SSSR count). The number of hydrogen-bond acceptors (Lipinski definition) is 1. The Balaban J connectivity index is 2.63. The van der Waals surface area contributed by atoms with Crippen molar-refractivity contribution in [3.8, 4) is 0 Å². The molecule has 0 heterocycles. The van der Waals surface area contributed by atoms with Crippen molar-refractivity contribution < 1.29 is 5.11 Å². The zero-order valence-electron chi connectivity index (χ0n) is 11.1. The Morgan fingerprint density at radius 3 is 2.40 bits per heavy atom. The first kappa shape index (κ1) is 13.0. The second-order valence-corrected chi connectivity index (χ2v) is 6.42. The predicted molar refractivity (Wildman–Crippen MR) is 65.7 cm³/mol. The van der Waals surface area contributed by atoms with Crippen LogP contribution in [0.4, 0.5) is 0 Å². The quantitative estimate of drug-likeness (QED) is 0.753. The molecule has 1 saturated carbocycles. The van der Waals surface area contributed by atoms with E-state index in [-0.39, 0.29) is 6.10 Å². The zero-order valence-corrected chi connectivity index (χ0v) is 11.1. The Bertz CT molecular complexity index is 196.